The summed E-state index contributed by atoms with van der Waals surface area (Å²) in [5, 5.41) is 0. The van der Waals surface area contributed by atoms with E-state index in [1.807, 2.05) is 0 Å². The van der Waals surface area contributed by atoms with Gasteiger partial charge in [0.2, 0.25) is 5.69 Å². The molecule has 2 atom stereocenters. The Kier molecular flexibility index (Phi) is 8.99. The lowest BCUT2D eigenvalue weighted by atomic mass is 10.4. The molecule has 0 aliphatic rings. The fraction of sp³-hybridized carbons (Fsp3) is 1.00. The minimum Gasteiger partial charge on any atom is -0.337 e. The van der Waals surface area contributed by atoms with Gasteiger partial charge in [-0.2, -0.15) is 0 Å². The van der Waals surface area contributed by atoms with Crippen molar-refractivity contribution in [2.45, 2.75) is 39.5 Å². The molecule has 0 saturated heterocycles. The second kappa shape index (κ2) is 8.31. The Morgan fingerprint density at radius 1 is 1.29 bits per heavy atom. The Hall–Kier alpha value is 1.14. The third kappa shape index (κ3) is 6.59. The molecule has 1 N–H and O–H groups in total. The minimum atomic E-state index is -2.67. The average molecular weight is 274 g/mol. The van der Waals surface area contributed by atoms with Gasteiger partial charge < -0.3 is 9.42 Å². The zero-order valence-electron chi connectivity index (χ0n) is 8.77. The summed E-state index contributed by atoms with van der Waals surface area (Å²) in [6, 6.07) is 0. The summed E-state index contributed by atoms with van der Waals surface area (Å²) in [7, 11) is -0.541. The van der Waals surface area contributed by atoms with Crippen LogP contribution in [0.25, 0.3) is 0 Å². The molecule has 0 aromatic carbocycles. The van der Waals surface area contributed by atoms with Crippen LogP contribution in [0, 0.1) is 0 Å². The maximum Gasteiger partial charge on any atom is 0.248 e. The molecule has 2 nitrogen and oxygen atoms in total. The van der Waals surface area contributed by atoms with Crippen molar-refractivity contribution in [2.24, 2.45) is 0 Å². The minimum absolute atomic E-state index is 0.541. The van der Waals surface area contributed by atoms with Gasteiger partial charge in [-0.05, 0) is 44.9 Å². The van der Waals surface area contributed by atoms with Crippen LogP contribution in [-0.2, 0) is 36.6 Å². The van der Waals surface area contributed by atoms with E-state index in [0.29, 0.717) is 6.61 Å². The highest BCUT2D eigenvalue weighted by atomic mass is 33.2. The van der Waals surface area contributed by atoms with Crippen LogP contribution in [0.2, 0.25) is 0 Å². The van der Waals surface area contributed by atoms with Gasteiger partial charge in [-0.15, -0.1) is 0 Å². The predicted octanol–water partition coefficient (Wildman–Crippen LogP) is 2.90. The van der Waals surface area contributed by atoms with Gasteiger partial charge >= 0.3 is 0 Å². The summed E-state index contributed by atoms with van der Waals surface area (Å²) in [6.07, 6.45) is 4.11. The summed E-state index contributed by atoms with van der Waals surface area (Å²) >= 11 is 10.2. The Bertz CT molecular complexity index is 221. The summed E-state index contributed by atoms with van der Waals surface area (Å²) in [4.78, 5) is 9.85. The van der Waals surface area contributed by atoms with Crippen molar-refractivity contribution in [1.29, 1.82) is 0 Å². The zero-order chi connectivity index (χ0) is 11.0. The van der Waals surface area contributed by atoms with E-state index in [2.05, 4.69) is 13.8 Å². The van der Waals surface area contributed by atoms with E-state index >= 15 is 0 Å². The van der Waals surface area contributed by atoms with E-state index in [9.17, 15) is 4.89 Å². The van der Waals surface area contributed by atoms with E-state index in [4.69, 9.17) is 27.5 Å². The molecular weight excluding hydrogens is 255 g/mol. The predicted molar refractivity (Wildman–Crippen MR) is 71.9 cm³/mol. The molecule has 0 bridgehead atoms. The van der Waals surface area contributed by atoms with Crippen molar-refractivity contribution in [1.82, 2.24) is 0 Å². The molecule has 6 heteroatoms. The summed E-state index contributed by atoms with van der Waals surface area (Å²) < 4.78 is 5.32. The van der Waals surface area contributed by atoms with Gasteiger partial charge in [-0.3, -0.25) is 0 Å². The van der Waals surface area contributed by atoms with Gasteiger partial charge in [0.05, 0.1) is 6.61 Å². The summed E-state index contributed by atoms with van der Waals surface area (Å²) in [6.45, 7) is 4.73. The van der Waals surface area contributed by atoms with E-state index in [1.165, 1.54) is 0 Å². The molecule has 0 aromatic rings. The van der Waals surface area contributed by atoms with Crippen LogP contribution in [0.5, 0.6) is 0 Å². The largest absolute Gasteiger partial charge is 0.337 e. The van der Waals surface area contributed by atoms with Crippen LogP contribution in [0.15, 0.2) is 0 Å². The monoisotopic (exact) mass is 274 g/mol. The Morgan fingerprint density at radius 2 is 1.86 bits per heavy atom. The second-order valence-corrected chi connectivity index (χ2v) is 12.2. The highest BCUT2D eigenvalue weighted by Gasteiger charge is 2.18. The number of hydrogen-bond acceptors (Lipinski definition) is 3. The molecule has 14 heavy (non-hydrogen) atoms. The first kappa shape index (κ1) is 15.1. The zero-order valence-corrected chi connectivity index (χ0v) is 12.1. The van der Waals surface area contributed by atoms with Gasteiger partial charge in [0, 0.05) is 5.75 Å². The molecule has 0 fully saturated rings. The highest BCUT2D eigenvalue weighted by Crippen LogP contribution is 2.47. The maximum absolute atomic E-state index is 9.85. The van der Waals surface area contributed by atoms with Gasteiger partial charge in [-0.1, -0.05) is 26.7 Å². The van der Waals surface area contributed by atoms with Crippen LogP contribution in [0.1, 0.15) is 39.5 Å². The van der Waals surface area contributed by atoms with Crippen molar-refractivity contribution in [2.75, 3.05) is 12.4 Å². The third-order valence-corrected chi connectivity index (χ3v) is 10.9. The highest BCUT2D eigenvalue weighted by molar-refractivity contribution is 8.74. The average Bonchev–Trinajstić information content (AvgIpc) is 2.14. The second-order valence-electron chi connectivity index (χ2n) is 3.03. The Balaban J connectivity index is 3.90. The van der Waals surface area contributed by atoms with E-state index in [1.54, 1.807) is 0 Å². The summed E-state index contributed by atoms with van der Waals surface area (Å²) in [5.74, 6) is 0.825. The first-order valence-corrected chi connectivity index (χ1v) is 10.5. The molecule has 0 radical (unpaired) electrons. The lowest BCUT2D eigenvalue weighted by Crippen LogP contribution is -2.01. The number of rotatable bonds is 8. The Labute approximate surface area is 98.9 Å². The fourth-order valence-corrected chi connectivity index (χ4v) is 5.30. The van der Waals surface area contributed by atoms with Gasteiger partial charge in [0.1, 0.15) is 0 Å². The third-order valence-electron chi connectivity index (χ3n) is 1.68. The topological polar surface area (TPSA) is 29.5 Å². The van der Waals surface area contributed by atoms with Gasteiger partial charge in [0.15, 0.2) is 0 Å². The van der Waals surface area contributed by atoms with Crippen molar-refractivity contribution in [3.8, 4) is 0 Å². The Morgan fingerprint density at radius 3 is 2.36 bits per heavy atom. The lowest BCUT2D eigenvalue weighted by Gasteiger charge is -2.17. The van der Waals surface area contributed by atoms with Crippen LogP contribution >= 0.6 is 5.69 Å². The van der Waals surface area contributed by atoms with Gasteiger partial charge in [0.25, 0.3) is 0 Å². The molecule has 0 aliphatic carbocycles. The van der Waals surface area contributed by atoms with Crippen molar-refractivity contribution >= 4 is 37.8 Å². The van der Waals surface area contributed by atoms with Gasteiger partial charge in [-0.25, -0.2) is 0 Å². The number of unbranched alkanes of at least 4 members (excludes halogenated alkanes) is 2. The molecule has 86 valence electrons. The van der Waals surface area contributed by atoms with Crippen molar-refractivity contribution in [3.63, 3.8) is 0 Å². The fourth-order valence-electron chi connectivity index (χ4n) is 0.766. The standard InChI is InChI=1S/C8H19O2PS3/c1-3-5-7-10-11(9,12)14(13)8-6-4-2/h3-8H2,1-2H3,(H,9,12). The molecule has 0 heterocycles. The maximum atomic E-state index is 9.85. The molecule has 0 aromatic heterocycles. The van der Waals surface area contributed by atoms with Crippen LogP contribution in [-0.4, -0.2) is 17.3 Å². The van der Waals surface area contributed by atoms with Crippen LogP contribution < -0.4 is 0 Å². The molecule has 0 rings (SSSR count). The first-order chi connectivity index (χ1) is 6.54. The van der Waals surface area contributed by atoms with Crippen LogP contribution in [0.3, 0.4) is 0 Å². The quantitative estimate of drug-likeness (QED) is 0.544. The normalized spacial score (nSPS) is 17.6. The SMILES string of the molecule is CCCCOP(O)(=S)S(=S)CCCC. The lowest BCUT2D eigenvalue weighted by molar-refractivity contribution is 0.312. The molecule has 0 amide bonds. The smallest absolute Gasteiger partial charge is 0.248 e. The molecule has 0 aliphatic heterocycles. The van der Waals surface area contributed by atoms with E-state index < -0.39 is 14.8 Å². The molecule has 2 unspecified atom stereocenters. The van der Waals surface area contributed by atoms with E-state index in [0.717, 1.165) is 31.4 Å². The first-order valence-electron chi connectivity index (χ1n) is 4.91. The van der Waals surface area contributed by atoms with E-state index in [-0.39, 0.29) is 0 Å². The summed E-state index contributed by atoms with van der Waals surface area (Å²) in [5.41, 5.74) is -2.67. The molecular formula is C8H19O2PS3. The van der Waals surface area contributed by atoms with Crippen molar-refractivity contribution < 1.29 is 9.42 Å². The molecule has 0 saturated carbocycles. The van der Waals surface area contributed by atoms with Crippen LogP contribution in [0.4, 0.5) is 0 Å². The van der Waals surface area contributed by atoms with Crippen molar-refractivity contribution in [3.05, 3.63) is 0 Å². The molecule has 0 spiro atoms. The number of hydrogen-bond donors (Lipinski definition) is 1.